The molecule has 1 saturated carbocycles. The normalized spacial score (nSPS) is 15.5. The number of benzene rings is 1. The summed E-state index contributed by atoms with van der Waals surface area (Å²) in [5, 5.41) is 6.63. The van der Waals surface area contributed by atoms with Crippen molar-refractivity contribution in [3.8, 4) is 0 Å². The summed E-state index contributed by atoms with van der Waals surface area (Å²) in [6.07, 6.45) is 7.96. The SMILES string of the molecule is CCN(CC)c1ccc(NCCC(=O)NC2CCCCCC2)c(C)c1. The average Bonchev–Trinajstić information content (AvgIpc) is 2.86. The summed E-state index contributed by atoms with van der Waals surface area (Å²) in [5.74, 6) is 0.178. The van der Waals surface area contributed by atoms with Crippen LogP contribution >= 0.6 is 0 Å². The molecule has 4 heteroatoms. The maximum Gasteiger partial charge on any atom is 0.221 e. The molecule has 0 radical (unpaired) electrons. The molecule has 25 heavy (non-hydrogen) atoms. The van der Waals surface area contributed by atoms with Crippen molar-refractivity contribution in [2.24, 2.45) is 0 Å². The van der Waals surface area contributed by atoms with Gasteiger partial charge in [-0.2, -0.15) is 0 Å². The molecule has 0 unspecified atom stereocenters. The van der Waals surface area contributed by atoms with E-state index in [1.54, 1.807) is 0 Å². The summed E-state index contributed by atoms with van der Waals surface area (Å²) >= 11 is 0. The Balaban J connectivity index is 1.77. The van der Waals surface area contributed by atoms with Crippen LogP contribution in [-0.2, 0) is 4.79 Å². The third kappa shape index (κ3) is 6.26. The van der Waals surface area contributed by atoms with Gasteiger partial charge in [-0.15, -0.1) is 0 Å². The van der Waals surface area contributed by atoms with E-state index in [0.717, 1.165) is 31.6 Å². The fraction of sp³-hybridized carbons (Fsp3) is 0.667. The van der Waals surface area contributed by atoms with Gasteiger partial charge in [-0.1, -0.05) is 25.7 Å². The van der Waals surface area contributed by atoms with Crippen LogP contribution in [0.4, 0.5) is 11.4 Å². The van der Waals surface area contributed by atoms with Gasteiger partial charge in [0.2, 0.25) is 5.91 Å². The molecular weight excluding hydrogens is 310 g/mol. The molecule has 0 spiro atoms. The minimum atomic E-state index is 0.178. The summed E-state index contributed by atoms with van der Waals surface area (Å²) in [6, 6.07) is 6.91. The zero-order chi connectivity index (χ0) is 18.1. The number of nitrogens with zero attached hydrogens (tertiary/aromatic N) is 1. The van der Waals surface area contributed by atoms with Crippen LogP contribution in [-0.4, -0.2) is 31.6 Å². The van der Waals surface area contributed by atoms with Gasteiger partial charge >= 0.3 is 0 Å². The molecule has 4 nitrogen and oxygen atoms in total. The first-order valence-corrected chi connectivity index (χ1v) is 10.0. The Bertz CT molecular complexity index is 532. The lowest BCUT2D eigenvalue weighted by atomic mass is 10.1. The Morgan fingerprint density at radius 3 is 2.40 bits per heavy atom. The number of hydrogen-bond acceptors (Lipinski definition) is 3. The fourth-order valence-electron chi connectivity index (χ4n) is 3.67. The second-order valence-corrected chi connectivity index (χ2v) is 7.10. The maximum absolute atomic E-state index is 12.2. The Kier molecular flexibility index (Phi) is 8.10. The second kappa shape index (κ2) is 10.3. The lowest BCUT2D eigenvalue weighted by Crippen LogP contribution is -2.35. The standard InChI is InChI=1S/C21H35N3O/c1-4-24(5-2)19-12-13-20(17(3)16-19)22-15-14-21(25)23-18-10-8-6-7-9-11-18/h12-13,16,18,22H,4-11,14-15H2,1-3H3,(H,23,25). The highest BCUT2D eigenvalue weighted by Gasteiger charge is 2.14. The summed E-state index contributed by atoms with van der Waals surface area (Å²) in [5.41, 5.74) is 3.62. The lowest BCUT2D eigenvalue weighted by Gasteiger charge is -2.22. The number of carbonyl (C=O) groups is 1. The first-order valence-electron chi connectivity index (χ1n) is 10.0. The third-order valence-electron chi connectivity index (χ3n) is 5.23. The number of aryl methyl sites for hydroxylation is 1. The van der Waals surface area contributed by atoms with Gasteiger partial charge in [-0.3, -0.25) is 4.79 Å². The minimum absolute atomic E-state index is 0.178. The van der Waals surface area contributed by atoms with Crippen molar-refractivity contribution in [1.82, 2.24) is 5.32 Å². The summed E-state index contributed by atoms with van der Waals surface area (Å²) < 4.78 is 0. The van der Waals surface area contributed by atoms with Gasteiger partial charge in [0.25, 0.3) is 0 Å². The Morgan fingerprint density at radius 2 is 1.80 bits per heavy atom. The second-order valence-electron chi connectivity index (χ2n) is 7.10. The van der Waals surface area contributed by atoms with Crippen molar-refractivity contribution in [3.05, 3.63) is 23.8 Å². The lowest BCUT2D eigenvalue weighted by molar-refractivity contribution is -0.121. The van der Waals surface area contributed by atoms with E-state index >= 15 is 0 Å². The van der Waals surface area contributed by atoms with E-state index in [2.05, 4.69) is 54.5 Å². The van der Waals surface area contributed by atoms with Crippen LogP contribution in [0.5, 0.6) is 0 Å². The molecule has 2 N–H and O–H groups in total. The number of anilines is 2. The van der Waals surface area contributed by atoms with Crippen molar-refractivity contribution in [1.29, 1.82) is 0 Å². The van der Waals surface area contributed by atoms with Crippen LogP contribution in [0.25, 0.3) is 0 Å². The molecule has 0 aliphatic heterocycles. The van der Waals surface area contributed by atoms with Gasteiger partial charge in [0.15, 0.2) is 0 Å². The van der Waals surface area contributed by atoms with Crippen LogP contribution < -0.4 is 15.5 Å². The molecule has 140 valence electrons. The van der Waals surface area contributed by atoms with Crippen LogP contribution in [0, 0.1) is 6.92 Å². The van der Waals surface area contributed by atoms with Gasteiger partial charge in [-0.05, 0) is 57.4 Å². The highest BCUT2D eigenvalue weighted by molar-refractivity contribution is 5.77. The average molecular weight is 346 g/mol. The van der Waals surface area contributed by atoms with Gasteiger partial charge in [0.05, 0.1) is 0 Å². The topological polar surface area (TPSA) is 44.4 Å². The first-order chi connectivity index (χ1) is 12.1. The molecule has 1 fully saturated rings. The molecule has 0 saturated heterocycles. The van der Waals surface area contributed by atoms with Crippen molar-refractivity contribution in [2.45, 2.75) is 71.8 Å². The molecular formula is C21H35N3O. The number of rotatable bonds is 8. The van der Waals surface area contributed by atoms with E-state index in [1.165, 1.54) is 36.9 Å². The number of amides is 1. The molecule has 1 aliphatic rings. The Morgan fingerprint density at radius 1 is 1.12 bits per heavy atom. The predicted octanol–water partition coefficient (Wildman–Crippen LogP) is 4.48. The van der Waals surface area contributed by atoms with Crippen molar-refractivity contribution >= 4 is 17.3 Å². The molecule has 1 aromatic carbocycles. The highest BCUT2D eigenvalue weighted by Crippen LogP contribution is 2.22. The zero-order valence-corrected chi connectivity index (χ0v) is 16.2. The van der Waals surface area contributed by atoms with Gasteiger partial charge in [-0.25, -0.2) is 0 Å². The van der Waals surface area contributed by atoms with Crippen LogP contribution in [0.2, 0.25) is 0 Å². The van der Waals surface area contributed by atoms with Crippen LogP contribution in [0.3, 0.4) is 0 Å². The van der Waals surface area contributed by atoms with Crippen molar-refractivity contribution in [3.63, 3.8) is 0 Å². The highest BCUT2D eigenvalue weighted by atomic mass is 16.1. The maximum atomic E-state index is 12.2. The van der Waals surface area contributed by atoms with E-state index < -0.39 is 0 Å². The fourth-order valence-corrected chi connectivity index (χ4v) is 3.67. The summed E-state index contributed by atoms with van der Waals surface area (Å²) in [6.45, 7) is 9.20. The summed E-state index contributed by atoms with van der Waals surface area (Å²) in [7, 11) is 0. The van der Waals surface area contributed by atoms with E-state index in [1.807, 2.05) is 0 Å². The summed E-state index contributed by atoms with van der Waals surface area (Å²) in [4.78, 5) is 14.5. The van der Waals surface area contributed by atoms with Crippen molar-refractivity contribution in [2.75, 3.05) is 29.9 Å². The van der Waals surface area contributed by atoms with E-state index in [4.69, 9.17) is 0 Å². The third-order valence-corrected chi connectivity index (χ3v) is 5.23. The quantitative estimate of drug-likeness (QED) is 0.683. The van der Waals surface area contributed by atoms with E-state index in [0.29, 0.717) is 19.0 Å². The molecule has 2 rings (SSSR count). The molecule has 1 amide bonds. The predicted molar refractivity (Wildman–Crippen MR) is 107 cm³/mol. The largest absolute Gasteiger partial charge is 0.384 e. The minimum Gasteiger partial charge on any atom is -0.384 e. The molecule has 0 aromatic heterocycles. The smallest absolute Gasteiger partial charge is 0.221 e. The molecule has 0 bridgehead atoms. The van der Waals surface area contributed by atoms with Crippen LogP contribution in [0.1, 0.15) is 64.4 Å². The monoisotopic (exact) mass is 345 g/mol. The van der Waals surface area contributed by atoms with E-state index in [-0.39, 0.29) is 5.91 Å². The number of nitrogens with one attached hydrogen (secondary N) is 2. The van der Waals surface area contributed by atoms with Gasteiger partial charge in [0, 0.05) is 43.5 Å². The van der Waals surface area contributed by atoms with Gasteiger partial charge < -0.3 is 15.5 Å². The zero-order valence-electron chi connectivity index (χ0n) is 16.2. The Labute approximate surface area is 153 Å². The molecule has 0 atom stereocenters. The molecule has 1 aliphatic carbocycles. The molecule has 1 aromatic rings. The van der Waals surface area contributed by atoms with Gasteiger partial charge in [0.1, 0.15) is 0 Å². The van der Waals surface area contributed by atoms with Crippen molar-refractivity contribution < 1.29 is 4.79 Å². The van der Waals surface area contributed by atoms with E-state index in [9.17, 15) is 4.79 Å². The molecule has 0 heterocycles. The first kappa shape index (κ1) is 19.6. The van der Waals surface area contributed by atoms with Crippen LogP contribution in [0.15, 0.2) is 18.2 Å². The Hall–Kier alpha value is -1.71. The number of carbonyl (C=O) groups excluding carboxylic acids is 1. The number of hydrogen-bond donors (Lipinski definition) is 2.